The van der Waals surface area contributed by atoms with E-state index in [9.17, 15) is 4.79 Å². The van der Waals surface area contributed by atoms with Crippen LogP contribution in [0.25, 0.3) is 5.69 Å². The molecule has 3 aromatic rings. The van der Waals surface area contributed by atoms with Crippen molar-refractivity contribution in [3.8, 4) is 5.69 Å². The molecule has 0 aliphatic heterocycles. The molecule has 0 fully saturated rings. The molecule has 0 aliphatic carbocycles. The van der Waals surface area contributed by atoms with Crippen molar-refractivity contribution < 1.29 is 4.79 Å². The van der Waals surface area contributed by atoms with E-state index in [1.54, 1.807) is 4.68 Å². The predicted molar refractivity (Wildman–Crippen MR) is 109 cm³/mol. The molecule has 1 heterocycles. The summed E-state index contributed by atoms with van der Waals surface area (Å²) < 4.78 is 1.66. The molecule has 0 saturated heterocycles. The first-order valence-corrected chi connectivity index (χ1v) is 9.80. The van der Waals surface area contributed by atoms with Crippen molar-refractivity contribution in [2.75, 3.05) is 11.1 Å². The van der Waals surface area contributed by atoms with E-state index in [0.717, 1.165) is 22.5 Å². The smallest absolute Gasteiger partial charge is 0.234 e. The minimum atomic E-state index is -0.0905. The maximum Gasteiger partial charge on any atom is 0.234 e. The topological polar surface area (TPSA) is 72.7 Å². The maximum absolute atomic E-state index is 12.3. The summed E-state index contributed by atoms with van der Waals surface area (Å²) in [7, 11) is 0. The molecule has 6 nitrogen and oxygen atoms in total. The van der Waals surface area contributed by atoms with Crippen molar-refractivity contribution >= 4 is 23.4 Å². The first-order valence-electron chi connectivity index (χ1n) is 8.82. The van der Waals surface area contributed by atoms with Gasteiger partial charge in [0, 0.05) is 5.69 Å². The number of hydrogen-bond donors (Lipinski definition) is 1. The quantitative estimate of drug-likeness (QED) is 0.650. The number of aromatic nitrogens is 4. The number of aryl methyl sites for hydroxylation is 2. The van der Waals surface area contributed by atoms with Crippen molar-refractivity contribution in [1.82, 2.24) is 20.2 Å². The Morgan fingerprint density at radius 3 is 2.41 bits per heavy atom. The fourth-order valence-electron chi connectivity index (χ4n) is 2.78. The summed E-state index contributed by atoms with van der Waals surface area (Å²) in [5, 5.41) is 15.4. The lowest BCUT2D eigenvalue weighted by molar-refractivity contribution is -0.113. The molecule has 7 heteroatoms. The van der Waals surface area contributed by atoms with Gasteiger partial charge in [-0.05, 0) is 71.1 Å². The van der Waals surface area contributed by atoms with Gasteiger partial charge >= 0.3 is 0 Å². The normalized spacial score (nSPS) is 11.0. The second-order valence-corrected chi connectivity index (χ2v) is 7.78. The molecule has 0 aliphatic rings. The van der Waals surface area contributed by atoms with Gasteiger partial charge in [-0.2, -0.15) is 4.68 Å². The fourth-order valence-corrected chi connectivity index (χ4v) is 3.47. The molecule has 0 bridgehead atoms. The largest absolute Gasteiger partial charge is 0.325 e. The Morgan fingerprint density at radius 2 is 1.78 bits per heavy atom. The third kappa shape index (κ3) is 4.95. The second-order valence-electron chi connectivity index (χ2n) is 6.83. The number of nitrogens with zero attached hydrogens (tertiary/aromatic N) is 4. The molecular formula is C20H23N5OS. The number of hydrogen-bond acceptors (Lipinski definition) is 5. The molecule has 3 rings (SSSR count). The standard InChI is InChI=1S/C20H23N5OS/c1-13(2)16-5-7-17(8-6-16)21-19(26)12-27-20-22-23-24-25(20)18-10-14(3)9-15(4)11-18/h5-11,13H,12H2,1-4H3,(H,21,26). The summed E-state index contributed by atoms with van der Waals surface area (Å²) in [4.78, 5) is 12.3. The van der Waals surface area contributed by atoms with Crippen molar-refractivity contribution in [3.63, 3.8) is 0 Å². The number of nitrogens with one attached hydrogen (secondary N) is 1. The number of thioether (sulfide) groups is 1. The summed E-state index contributed by atoms with van der Waals surface area (Å²) >= 11 is 1.31. The molecule has 27 heavy (non-hydrogen) atoms. The average Bonchev–Trinajstić information content (AvgIpc) is 3.08. The average molecular weight is 382 g/mol. The van der Waals surface area contributed by atoms with E-state index < -0.39 is 0 Å². The summed E-state index contributed by atoms with van der Waals surface area (Å²) in [6.45, 7) is 8.35. The Balaban J connectivity index is 1.63. The summed E-state index contributed by atoms with van der Waals surface area (Å²) in [5.74, 6) is 0.610. The zero-order chi connectivity index (χ0) is 19.4. The number of anilines is 1. The molecule has 0 atom stereocenters. The lowest BCUT2D eigenvalue weighted by Crippen LogP contribution is -2.14. The number of tetrazole rings is 1. The van der Waals surface area contributed by atoms with Gasteiger partial charge in [-0.1, -0.05) is 43.8 Å². The van der Waals surface area contributed by atoms with Gasteiger partial charge in [0.1, 0.15) is 0 Å². The lowest BCUT2D eigenvalue weighted by Gasteiger charge is -2.09. The van der Waals surface area contributed by atoms with Gasteiger partial charge in [0.15, 0.2) is 0 Å². The van der Waals surface area contributed by atoms with Crippen LogP contribution in [0.5, 0.6) is 0 Å². The van der Waals surface area contributed by atoms with Crippen molar-refractivity contribution in [2.45, 2.75) is 38.8 Å². The molecule has 1 amide bonds. The number of amides is 1. The first-order chi connectivity index (χ1) is 12.9. The molecule has 0 spiro atoms. The van der Waals surface area contributed by atoms with Crippen LogP contribution in [0, 0.1) is 13.8 Å². The highest BCUT2D eigenvalue weighted by Crippen LogP contribution is 2.21. The molecule has 140 valence electrons. The minimum absolute atomic E-state index is 0.0905. The van der Waals surface area contributed by atoms with Crippen LogP contribution in [0.3, 0.4) is 0 Å². The molecule has 0 unspecified atom stereocenters. The van der Waals surface area contributed by atoms with Crippen LogP contribution in [0.2, 0.25) is 0 Å². The van der Waals surface area contributed by atoms with Crippen molar-refractivity contribution in [1.29, 1.82) is 0 Å². The maximum atomic E-state index is 12.3. The predicted octanol–water partition coefficient (Wildman–Crippen LogP) is 4.13. The van der Waals surface area contributed by atoms with Crippen LogP contribution in [0.1, 0.15) is 36.5 Å². The molecule has 1 N–H and O–H groups in total. The zero-order valence-electron chi connectivity index (χ0n) is 15.9. The van der Waals surface area contributed by atoms with Gasteiger partial charge in [-0.15, -0.1) is 5.10 Å². The summed E-state index contributed by atoms with van der Waals surface area (Å²) in [6.07, 6.45) is 0. The van der Waals surface area contributed by atoms with Crippen molar-refractivity contribution in [2.24, 2.45) is 0 Å². The molecule has 0 radical (unpaired) electrons. The van der Waals surface area contributed by atoms with E-state index in [1.165, 1.54) is 17.3 Å². The minimum Gasteiger partial charge on any atom is -0.325 e. The van der Waals surface area contributed by atoms with E-state index in [-0.39, 0.29) is 11.7 Å². The number of carbonyl (C=O) groups is 1. The van der Waals surface area contributed by atoms with E-state index in [4.69, 9.17) is 0 Å². The molecule has 2 aromatic carbocycles. The monoisotopic (exact) mass is 381 g/mol. The van der Waals surface area contributed by atoms with Gasteiger partial charge in [-0.3, -0.25) is 4.79 Å². The Morgan fingerprint density at radius 1 is 1.11 bits per heavy atom. The zero-order valence-corrected chi connectivity index (χ0v) is 16.7. The number of benzene rings is 2. The molecule has 1 aromatic heterocycles. The van der Waals surface area contributed by atoms with Crippen LogP contribution in [-0.2, 0) is 4.79 Å². The van der Waals surface area contributed by atoms with Gasteiger partial charge in [-0.25, -0.2) is 0 Å². The fraction of sp³-hybridized carbons (Fsp3) is 0.300. The summed E-state index contributed by atoms with van der Waals surface area (Å²) in [6, 6.07) is 14.1. The van der Waals surface area contributed by atoms with E-state index in [2.05, 4.69) is 40.8 Å². The third-order valence-electron chi connectivity index (χ3n) is 4.09. The third-order valence-corrected chi connectivity index (χ3v) is 5.00. The number of carbonyl (C=O) groups excluding carboxylic acids is 1. The highest BCUT2D eigenvalue weighted by Gasteiger charge is 2.12. The highest BCUT2D eigenvalue weighted by molar-refractivity contribution is 7.99. The van der Waals surface area contributed by atoms with E-state index in [1.807, 2.05) is 50.2 Å². The van der Waals surface area contributed by atoms with Crippen LogP contribution in [-0.4, -0.2) is 31.9 Å². The van der Waals surface area contributed by atoms with Gasteiger partial charge in [0.2, 0.25) is 11.1 Å². The first kappa shape index (κ1) is 19.1. The van der Waals surface area contributed by atoms with Gasteiger partial charge < -0.3 is 5.32 Å². The van der Waals surface area contributed by atoms with Gasteiger partial charge in [0.05, 0.1) is 11.4 Å². The van der Waals surface area contributed by atoms with Crippen LogP contribution in [0.4, 0.5) is 5.69 Å². The Hall–Kier alpha value is -2.67. The van der Waals surface area contributed by atoms with Crippen LogP contribution in [0.15, 0.2) is 47.6 Å². The molecule has 0 saturated carbocycles. The van der Waals surface area contributed by atoms with Crippen LogP contribution < -0.4 is 5.32 Å². The Labute approximate surface area is 163 Å². The van der Waals surface area contributed by atoms with E-state index >= 15 is 0 Å². The molecular weight excluding hydrogens is 358 g/mol. The number of rotatable bonds is 6. The Bertz CT molecular complexity index is 914. The highest BCUT2D eigenvalue weighted by atomic mass is 32.2. The van der Waals surface area contributed by atoms with Gasteiger partial charge in [0.25, 0.3) is 0 Å². The Kier molecular flexibility index (Phi) is 5.91. The SMILES string of the molecule is Cc1cc(C)cc(-n2nnnc2SCC(=O)Nc2ccc(C(C)C)cc2)c1. The van der Waals surface area contributed by atoms with Crippen molar-refractivity contribution in [3.05, 3.63) is 59.2 Å². The summed E-state index contributed by atoms with van der Waals surface area (Å²) in [5.41, 5.74) is 5.21. The van der Waals surface area contributed by atoms with E-state index in [0.29, 0.717) is 11.1 Å². The van der Waals surface area contributed by atoms with Crippen LogP contribution >= 0.6 is 11.8 Å². The lowest BCUT2D eigenvalue weighted by atomic mass is 10.0. The second kappa shape index (κ2) is 8.35.